The lowest BCUT2D eigenvalue weighted by molar-refractivity contribution is 0.100. The van der Waals surface area contributed by atoms with Gasteiger partial charge in [-0.15, -0.1) is 0 Å². The zero-order valence-electron chi connectivity index (χ0n) is 20.5. The SMILES string of the molecule is COc1ncc(-c2cccc3nc([C@H](C)Nc4nc(N)ncc4C(N)=O)n(-c4ccccc4)c(=O)c23)cn1. The first-order valence-electron chi connectivity index (χ1n) is 11.5. The van der Waals surface area contributed by atoms with Gasteiger partial charge in [0.25, 0.3) is 11.5 Å². The summed E-state index contributed by atoms with van der Waals surface area (Å²) in [7, 11) is 1.48. The maximum Gasteiger partial charge on any atom is 0.316 e. The van der Waals surface area contributed by atoms with E-state index in [9.17, 15) is 9.59 Å². The van der Waals surface area contributed by atoms with Crippen LogP contribution >= 0.6 is 0 Å². The summed E-state index contributed by atoms with van der Waals surface area (Å²) < 4.78 is 6.58. The number of hydrogen-bond donors (Lipinski definition) is 3. The molecule has 0 aliphatic heterocycles. The number of carbonyl (C=O) groups excluding carboxylic acids is 1. The van der Waals surface area contributed by atoms with Gasteiger partial charge in [-0.05, 0) is 30.7 Å². The van der Waals surface area contributed by atoms with E-state index in [1.807, 2.05) is 36.4 Å². The number of nitrogens with two attached hydrogens (primary N) is 2. The highest BCUT2D eigenvalue weighted by molar-refractivity contribution is 5.97. The summed E-state index contributed by atoms with van der Waals surface area (Å²) in [6.45, 7) is 1.79. The summed E-state index contributed by atoms with van der Waals surface area (Å²) in [5.41, 5.74) is 13.3. The Labute approximate surface area is 216 Å². The zero-order chi connectivity index (χ0) is 26.8. The fourth-order valence-electron chi connectivity index (χ4n) is 4.12. The second kappa shape index (κ2) is 9.93. The number of para-hydroxylation sites is 1. The molecular formula is C26H23N9O3. The van der Waals surface area contributed by atoms with Crippen molar-refractivity contribution in [1.82, 2.24) is 29.5 Å². The Morgan fingerprint density at radius 3 is 2.42 bits per heavy atom. The Morgan fingerprint density at radius 2 is 1.74 bits per heavy atom. The van der Waals surface area contributed by atoms with E-state index in [0.29, 0.717) is 33.5 Å². The van der Waals surface area contributed by atoms with Crippen LogP contribution in [0.25, 0.3) is 27.7 Å². The van der Waals surface area contributed by atoms with Crippen molar-refractivity contribution < 1.29 is 9.53 Å². The van der Waals surface area contributed by atoms with Crippen LogP contribution in [0.2, 0.25) is 0 Å². The topological polar surface area (TPSA) is 177 Å². The van der Waals surface area contributed by atoms with E-state index >= 15 is 0 Å². The van der Waals surface area contributed by atoms with Crippen molar-refractivity contribution in [1.29, 1.82) is 0 Å². The highest BCUT2D eigenvalue weighted by atomic mass is 16.5. The molecule has 190 valence electrons. The number of fused-ring (bicyclic) bond motifs is 1. The van der Waals surface area contributed by atoms with Gasteiger partial charge in [0.1, 0.15) is 11.6 Å². The van der Waals surface area contributed by atoms with Gasteiger partial charge < -0.3 is 21.5 Å². The number of aromatic nitrogens is 6. The van der Waals surface area contributed by atoms with Crippen LogP contribution in [-0.2, 0) is 0 Å². The molecule has 5 N–H and O–H groups in total. The number of nitrogens with zero attached hydrogens (tertiary/aromatic N) is 6. The number of nitrogen functional groups attached to an aromatic ring is 1. The van der Waals surface area contributed by atoms with E-state index in [1.54, 1.807) is 31.5 Å². The van der Waals surface area contributed by atoms with Crippen LogP contribution in [0.15, 0.2) is 71.9 Å². The number of carbonyl (C=O) groups is 1. The van der Waals surface area contributed by atoms with Crippen LogP contribution < -0.4 is 27.1 Å². The van der Waals surface area contributed by atoms with Gasteiger partial charge >= 0.3 is 6.01 Å². The molecule has 12 nitrogen and oxygen atoms in total. The van der Waals surface area contributed by atoms with Gasteiger partial charge in [-0.3, -0.25) is 14.2 Å². The molecule has 12 heteroatoms. The highest BCUT2D eigenvalue weighted by Gasteiger charge is 2.22. The minimum absolute atomic E-state index is 0.0389. The van der Waals surface area contributed by atoms with E-state index in [4.69, 9.17) is 21.2 Å². The van der Waals surface area contributed by atoms with Gasteiger partial charge in [0, 0.05) is 24.2 Å². The van der Waals surface area contributed by atoms with E-state index in [0.717, 1.165) is 0 Å². The Balaban J connectivity index is 1.72. The van der Waals surface area contributed by atoms with Crippen molar-refractivity contribution in [2.45, 2.75) is 13.0 Å². The summed E-state index contributed by atoms with van der Waals surface area (Å²) in [6, 6.07) is 14.1. The molecule has 5 rings (SSSR count). The van der Waals surface area contributed by atoms with Crippen LogP contribution in [0.4, 0.5) is 11.8 Å². The molecule has 0 aliphatic rings. The molecule has 0 bridgehead atoms. The summed E-state index contributed by atoms with van der Waals surface area (Å²) in [4.78, 5) is 47.3. The minimum Gasteiger partial charge on any atom is -0.467 e. The van der Waals surface area contributed by atoms with Crippen molar-refractivity contribution in [2.75, 3.05) is 18.2 Å². The standard InChI is InChI=1S/C26H23N9O3/c1-14(32-22-18(21(27)36)13-29-25(28)34-22)23-33-19-10-6-9-17(15-11-30-26(38-2)31-12-15)20(19)24(37)35(23)16-7-4-3-5-8-16/h3-14H,1-2H3,(H2,27,36)(H3,28,29,32,34)/t14-/m0/s1. The molecule has 1 atom stereocenters. The van der Waals surface area contributed by atoms with Crippen molar-refractivity contribution in [3.05, 3.63) is 88.9 Å². The first-order valence-corrected chi connectivity index (χ1v) is 11.5. The molecule has 0 radical (unpaired) electrons. The number of ether oxygens (including phenoxy) is 1. The monoisotopic (exact) mass is 509 g/mol. The average Bonchev–Trinajstić information content (AvgIpc) is 2.93. The molecular weight excluding hydrogens is 486 g/mol. The van der Waals surface area contributed by atoms with Crippen LogP contribution in [0.1, 0.15) is 29.1 Å². The predicted octanol–water partition coefficient (Wildman–Crippen LogP) is 2.50. The summed E-state index contributed by atoms with van der Waals surface area (Å²) in [5, 5.41) is 3.52. The largest absolute Gasteiger partial charge is 0.467 e. The summed E-state index contributed by atoms with van der Waals surface area (Å²) in [5.74, 6) is -0.249. The van der Waals surface area contributed by atoms with Crippen molar-refractivity contribution in [3.63, 3.8) is 0 Å². The molecule has 0 fully saturated rings. The van der Waals surface area contributed by atoms with Gasteiger partial charge in [-0.1, -0.05) is 30.3 Å². The molecule has 0 saturated carbocycles. The fourth-order valence-corrected chi connectivity index (χ4v) is 4.12. The zero-order valence-corrected chi connectivity index (χ0v) is 20.5. The van der Waals surface area contributed by atoms with E-state index < -0.39 is 11.9 Å². The molecule has 5 aromatic rings. The number of amides is 1. The fraction of sp³-hybridized carbons (Fsp3) is 0.115. The van der Waals surface area contributed by atoms with Crippen molar-refractivity contribution >= 4 is 28.6 Å². The van der Waals surface area contributed by atoms with Gasteiger partial charge in [-0.25, -0.2) is 19.9 Å². The predicted molar refractivity (Wildman–Crippen MR) is 142 cm³/mol. The quantitative estimate of drug-likeness (QED) is 0.295. The van der Waals surface area contributed by atoms with Gasteiger partial charge in [0.05, 0.1) is 35.3 Å². The molecule has 3 aromatic heterocycles. The van der Waals surface area contributed by atoms with Crippen molar-refractivity contribution in [2.24, 2.45) is 5.73 Å². The first kappa shape index (κ1) is 24.3. The lowest BCUT2D eigenvalue weighted by Gasteiger charge is -2.21. The lowest BCUT2D eigenvalue weighted by Crippen LogP contribution is -2.28. The minimum atomic E-state index is -0.724. The molecule has 0 aliphatic carbocycles. The Kier molecular flexibility index (Phi) is 6.35. The lowest BCUT2D eigenvalue weighted by atomic mass is 10.0. The summed E-state index contributed by atoms with van der Waals surface area (Å²) >= 11 is 0. The van der Waals surface area contributed by atoms with E-state index in [-0.39, 0.29) is 28.9 Å². The Bertz CT molecular complexity index is 1700. The van der Waals surface area contributed by atoms with Gasteiger partial charge in [-0.2, -0.15) is 4.98 Å². The summed E-state index contributed by atoms with van der Waals surface area (Å²) in [6.07, 6.45) is 4.44. The molecule has 0 spiro atoms. The number of anilines is 2. The third-order valence-electron chi connectivity index (χ3n) is 5.87. The van der Waals surface area contributed by atoms with Crippen LogP contribution in [0.3, 0.4) is 0 Å². The molecule has 3 heterocycles. The second-order valence-corrected chi connectivity index (χ2v) is 8.33. The first-order chi connectivity index (χ1) is 18.4. The molecule has 0 saturated heterocycles. The number of primary amides is 1. The number of nitrogens with one attached hydrogen (secondary N) is 1. The number of benzene rings is 2. The number of hydrogen-bond acceptors (Lipinski definition) is 10. The average molecular weight is 510 g/mol. The molecule has 1 amide bonds. The van der Waals surface area contributed by atoms with Crippen LogP contribution in [0.5, 0.6) is 6.01 Å². The number of methoxy groups -OCH3 is 1. The van der Waals surface area contributed by atoms with E-state index in [1.165, 1.54) is 17.9 Å². The highest BCUT2D eigenvalue weighted by Crippen LogP contribution is 2.28. The van der Waals surface area contributed by atoms with Crippen LogP contribution in [-0.4, -0.2) is 42.5 Å². The molecule has 0 unspecified atom stereocenters. The molecule has 38 heavy (non-hydrogen) atoms. The Morgan fingerprint density at radius 1 is 1.00 bits per heavy atom. The third-order valence-corrected chi connectivity index (χ3v) is 5.87. The van der Waals surface area contributed by atoms with Crippen LogP contribution in [0, 0.1) is 0 Å². The maximum atomic E-state index is 14.2. The Hall–Kier alpha value is -5.39. The smallest absolute Gasteiger partial charge is 0.316 e. The normalized spacial score (nSPS) is 11.7. The molecule has 2 aromatic carbocycles. The van der Waals surface area contributed by atoms with E-state index in [2.05, 4.69) is 25.3 Å². The maximum absolute atomic E-state index is 14.2. The van der Waals surface area contributed by atoms with Gasteiger partial charge in [0.15, 0.2) is 0 Å². The van der Waals surface area contributed by atoms with Gasteiger partial charge in [0.2, 0.25) is 5.95 Å². The second-order valence-electron chi connectivity index (χ2n) is 8.33. The third kappa shape index (κ3) is 4.46. The number of rotatable bonds is 7. The van der Waals surface area contributed by atoms with Crippen molar-refractivity contribution in [3.8, 4) is 22.8 Å².